The molecule has 1 heterocycles. The molecule has 0 spiro atoms. The molecule has 4 bridgehead atoms. The number of thiocarbonyl (C=S) groups is 1. The zero-order valence-electron chi connectivity index (χ0n) is 19.5. The summed E-state index contributed by atoms with van der Waals surface area (Å²) in [5.74, 6) is 1.04. The van der Waals surface area contributed by atoms with E-state index in [0.717, 1.165) is 31.0 Å². The highest BCUT2D eigenvalue weighted by atomic mass is 32.2. The molecule has 5 fully saturated rings. The summed E-state index contributed by atoms with van der Waals surface area (Å²) in [6.07, 6.45) is 8.12. The molecule has 1 saturated heterocycles. The Hall–Kier alpha value is -2.59. The van der Waals surface area contributed by atoms with E-state index in [4.69, 9.17) is 26.8 Å². The minimum absolute atomic E-state index is 0.0762. The predicted octanol–water partition coefficient (Wildman–Crippen LogP) is 4.00. The summed E-state index contributed by atoms with van der Waals surface area (Å²) >= 11 is 6.57. The third-order valence-electron chi connectivity index (χ3n) is 7.44. The third kappa shape index (κ3) is 4.78. The first-order valence-electron chi connectivity index (χ1n) is 12.0. The number of carboxylic acids is 1. The van der Waals surface area contributed by atoms with Gasteiger partial charge in [0.05, 0.1) is 16.9 Å². The Morgan fingerprint density at radius 2 is 1.83 bits per heavy atom. The molecule has 1 aromatic rings. The summed E-state index contributed by atoms with van der Waals surface area (Å²) in [7, 11) is 0. The van der Waals surface area contributed by atoms with Crippen LogP contribution < -0.4 is 14.9 Å². The molecule has 4 aliphatic carbocycles. The Morgan fingerprint density at radius 1 is 1.17 bits per heavy atom. The first kappa shape index (κ1) is 24.1. The molecule has 2 N–H and O–H groups in total. The highest BCUT2D eigenvalue weighted by Gasteiger charge is 2.55. The van der Waals surface area contributed by atoms with Gasteiger partial charge >= 0.3 is 5.97 Å². The first-order chi connectivity index (χ1) is 16.8. The van der Waals surface area contributed by atoms with Crippen LogP contribution in [0.25, 0.3) is 6.08 Å². The lowest BCUT2D eigenvalue weighted by molar-refractivity contribution is -0.152. The quantitative estimate of drug-likeness (QED) is 0.395. The standard InChI is InChI=1S/C25H28N2O6S2/c1-2-32-19-8-14(3-4-18(19)33-13-21(28)29)9-20-22(30)27(24(34)35-20)26-23(31)25-10-15-5-16(11-25)7-17(6-15)12-25/h3-4,8-9,15-17H,2,5-7,10-13H2,1H3,(H,26,31)(H,28,29)/b20-9+. The molecule has 8 nitrogen and oxygen atoms in total. The monoisotopic (exact) mass is 516 g/mol. The van der Waals surface area contributed by atoms with E-state index in [1.165, 1.54) is 24.3 Å². The van der Waals surface area contributed by atoms with Crippen molar-refractivity contribution in [1.29, 1.82) is 0 Å². The maximum atomic E-state index is 13.4. The molecular formula is C25H28N2O6S2. The van der Waals surface area contributed by atoms with Crippen molar-refractivity contribution >= 4 is 52.2 Å². The lowest BCUT2D eigenvalue weighted by Gasteiger charge is -2.55. The van der Waals surface area contributed by atoms with Crippen LogP contribution in [0.4, 0.5) is 0 Å². The Balaban J connectivity index is 1.30. The molecule has 35 heavy (non-hydrogen) atoms. The number of amides is 2. The van der Waals surface area contributed by atoms with Gasteiger partial charge in [-0.2, -0.15) is 5.01 Å². The largest absolute Gasteiger partial charge is 0.490 e. The number of nitrogens with one attached hydrogen (secondary N) is 1. The third-order valence-corrected chi connectivity index (χ3v) is 8.75. The van der Waals surface area contributed by atoms with Gasteiger partial charge in [-0.15, -0.1) is 0 Å². The van der Waals surface area contributed by atoms with Crippen molar-refractivity contribution in [2.45, 2.75) is 45.4 Å². The fourth-order valence-corrected chi connectivity index (χ4v) is 7.65. The zero-order chi connectivity index (χ0) is 24.7. The number of rotatable bonds is 8. The Morgan fingerprint density at radius 3 is 2.43 bits per heavy atom. The van der Waals surface area contributed by atoms with E-state index in [-0.39, 0.29) is 17.2 Å². The van der Waals surface area contributed by atoms with Crippen LogP contribution in [0.2, 0.25) is 0 Å². The Labute approximate surface area is 213 Å². The maximum absolute atomic E-state index is 13.4. The summed E-state index contributed by atoms with van der Waals surface area (Å²) in [4.78, 5) is 37.8. The van der Waals surface area contributed by atoms with E-state index in [2.05, 4.69) is 5.43 Å². The highest BCUT2D eigenvalue weighted by molar-refractivity contribution is 8.26. The number of carbonyl (C=O) groups is 3. The lowest BCUT2D eigenvalue weighted by Crippen LogP contribution is -2.57. The van der Waals surface area contributed by atoms with Gasteiger partial charge in [-0.3, -0.25) is 15.0 Å². The van der Waals surface area contributed by atoms with Crippen LogP contribution in [-0.4, -0.2) is 45.4 Å². The molecule has 10 heteroatoms. The minimum Gasteiger partial charge on any atom is -0.490 e. The number of thioether (sulfide) groups is 1. The predicted molar refractivity (Wildman–Crippen MR) is 135 cm³/mol. The van der Waals surface area contributed by atoms with Crippen molar-refractivity contribution in [2.75, 3.05) is 13.2 Å². The number of carboxylic acid groups (broad SMARTS) is 1. The van der Waals surface area contributed by atoms with Crippen LogP contribution in [0.5, 0.6) is 11.5 Å². The highest BCUT2D eigenvalue weighted by Crippen LogP contribution is 2.60. The smallest absolute Gasteiger partial charge is 0.341 e. The molecule has 0 aromatic heterocycles. The molecule has 6 rings (SSSR count). The molecule has 0 radical (unpaired) electrons. The maximum Gasteiger partial charge on any atom is 0.341 e. The van der Waals surface area contributed by atoms with Crippen molar-refractivity contribution in [2.24, 2.45) is 23.2 Å². The summed E-state index contributed by atoms with van der Waals surface area (Å²) < 4.78 is 11.2. The van der Waals surface area contributed by atoms with Gasteiger partial charge < -0.3 is 14.6 Å². The molecule has 1 aromatic carbocycles. The van der Waals surface area contributed by atoms with Gasteiger partial charge in [0, 0.05) is 0 Å². The molecular weight excluding hydrogens is 488 g/mol. The van der Waals surface area contributed by atoms with Crippen LogP contribution >= 0.6 is 24.0 Å². The van der Waals surface area contributed by atoms with Crippen molar-refractivity contribution in [1.82, 2.24) is 10.4 Å². The minimum atomic E-state index is -1.09. The number of ether oxygens (including phenoxy) is 2. The van der Waals surface area contributed by atoms with E-state index in [1.54, 1.807) is 24.3 Å². The normalized spacial score (nSPS) is 30.1. The van der Waals surface area contributed by atoms with E-state index in [1.807, 2.05) is 6.92 Å². The van der Waals surface area contributed by atoms with Crippen LogP contribution in [0.15, 0.2) is 23.1 Å². The number of hydrogen-bond acceptors (Lipinski definition) is 7. The number of nitrogens with zero attached hydrogens (tertiary/aromatic N) is 1. The second-order valence-corrected chi connectivity index (χ2v) is 11.7. The number of hydrazine groups is 1. The van der Waals surface area contributed by atoms with Crippen LogP contribution in [0, 0.1) is 23.2 Å². The molecule has 2 amide bonds. The Kier molecular flexibility index (Phi) is 6.52. The average molecular weight is 517 g/mol. The van der Waals surface area contributed by atoms with Crippen LogP contribution in [0.3, 0.4) is 0 Å². The topological polar surface area (TPSA) is 105 Å². The number of benzene rings is 1. The molecule has 5 aliphatic rings. The second-order valence-electron chi connectivity index (χ2n) is 9.98. The van der Waals surface area contributed by atoms with Gasteiger partial charge in [0.1, 0.15) is 0 Å². The number of carbonyl (C=O) groups excluding carboxylic acids is 2. The van der Waals surface area contributed by atoms with Crippen molar-refractivity contribution in [3.05, 3.63) is 28.7 Å². The van der Waals surface area contributed by atoms with Crippen molar-refractivity contribution in [3.63, 3.8) is 0 Å². The van der Waals surface area contributed by atoms with Gasteiger partial charge in [-0.25, -0.2) is 4.79 Å². The molecule has 4 saturated carbocycles. The zero-order valence-corrected chi connectivity index (χ0v) is 21.1. The molecule has 0 unspecified atom stereocenters. The van der Waals surface area contributed by atoms with Crippen LogP contribution in [0.1, 0.15) is 51.0 Å². The average Bonchev–Trinajstić information content (AvgIpc) is 3.05. The van der Waals surface area contributed by atoms with E-state index >= 15 is 0 Å². The van der Waals surface area contributed by atoms with E-state index in [0.29, 0.717) is 50.6 Å². The lowest BCUT2D eigenvalue weighted by atomic mass is 9.49. The van der Waals surface area contributed by atoms with Crippen molar-refractivity contribution in [3.8, 4) is 11.5 Å². The number of hydrogen-bond donors (Lipinski definition) is 2. The second kappa shape index (κ2) is 9.46. The first-order valence-corrected chi connectivity index (χ1v) is 13.2. The number of aliphatic carboxylic acids is 1. The van der Waals surface area contributed by atoms with Gasteiger partial charge in [0.25, 0.3) is 5.91 Å². The summed E-state index contributed by atoms with van der Waals surface area (Å²) in [6.45, 7) is 1.69. The SMILES string of the molecule is CCOc1cc(/C=C2/SC(=S)N(NC(=O)C34CC5CC(CC(C5)C3)C4)C2=O)ccc1OCC(=O)O. The van der Waals surface area contributed by atoms with E-state index in [9.17, 15) is 14.4 Å². The fourth-order valence-electron chi connectivity index (χ4n) is 6.47. The van der Waals surface area contributed by atoms with E-state index < -0.39 is 12.6 Å². The summed E-state index contributed by atoms with van der Waals surface area (Å²) in [5.41, 5.74) is 3.16. The van der Waals surface area contributed by atoms with Crippen LogP contribution in [-0.2, 0) is 14.4 Å². The fraction of sp³-hybridized carbons (Fsp3) is 0.520. The molecule has 186 valence electrons. The molecule has 0 atom stereocenters. The van der Waals surface area contributed by atoms with Crippen molar-refractivity contribution < 1.29 is 29.0 Å². The van der Waals surface area contributed by atoms with Gasteiger partial charge in [0.2, 0.25) is 5.91 Å². The molecule has 1 aliphatic heterocycles. The summed E-state index contributed by atoms with van der Waals surface area (Å²) in [6, 6.07) is 5.00. The summed E-state index contributed by atoms with van der Waals surface area (Å²) in [5, 5.41) is 10.1. The Bertz CT molecular complexity index is 1080. The van der Waals surface area contributed by atoms with Gasteiger partial charge in [-0.1, -0.05) is 17.8 Å². The van der Waals surface area contributed by atoms with Gasteiger partial charge in [0.15, 0.2) is 22.4 Å². The van der Waals surface area contributed by atoms with Gasteiger partial charge in [-0.05, 0) is 99.2 Å².